The second-order valence-electron chi connectivity index (χ2n) is 7.22. The summed E-state index contributed by atoms with van der Waals surface area (Å²) >= 11 is 0. The zero-order valence-corrected chi connectivity index (χ0v) is 14.3. The largest absolute Gasteiger partial charge is 0.377 e. The van der Waals surface area contributed by atoms with Gasteiger partial charge in [0, 0.05) is 18.4 Å². The lowest BCUT2D eigenvalue weighted by Crippen LogP contribution is -2.46. The van der Waals surface area contributed by atoms with E-state index in [0.717, 1.165) is 31.6 Å². The monoisotopic (exact) mass is 321 g/mol. The minimum Gasteiger partial charge on any atom is -0.377 e. The molecule has 1 aliphatic heterocycles. The van der Waals surface area contributed by atoms with Crippen LogP contribution in [0.5, 0.6) is 0 Å². The first-order chi connectivity index (χ1) is 11.1. The number of aromatic nitrogens is 2. The van der Waals surface area contributed by atoms with Crippen molar-refractivity contribution in [3.05, 3.63) is 11.7 Å². The molecule has 1 aromatic rings. The summed E-state index contributed by atoms with van der Waals surface area (Å²) in [5.74, 6) is 2.50. The number of hydrogen-bond donors (Lipinski definition) is 0. The molecule has 6 heteroatoms. The van der Waals surface area contributed by atoms with Crippen LogP contribution < -0.4 is 0 Å². The third-order valence-corrected chi connectivity index (χ3v) is 5.03. The summed E-state index contributed by atoms with van der Waals surface area (Å²) in [5, 5.41) is 4.09. The predicted octanol–water partition coefficient (Wildman–Crippen LogP) is 2.92. The van der Waals surface area contributed by atoms with Crippen LogP contribution >= 0.6 is 0 Å². The van der Waals surface area contributed by atoms with Gasteiger partial charge in [-0.05, 0) is 31.6 Å². The maximum absolute atomic E-state index is 13.0. The van der Waals surface area contributed by atoms with Gasteiger partial charge < -0.3 is 14.2 Å². The van der Waals surface area contributed by atoms with Crippen LogP contribution in [0, 0.1) is 11.8 Å². The van der Waals surface area contributed by atoms with Crippen LogP contribution in [0.25, 0.3) is 0 Å². The van der Waals surface area contributed by atoms with Gasteiger partial charge >= 0.3 is 0 Å². The zero-order chi connectivity index (χ0) is 16.4. The summed E-state index contributed by atoms with van der Waals surface area (Å²) in [6.07, 6.45) is 4.28. The van der Waals surface area contributed by atoms with E-state index in [1.807, 2.05) is 18.7 Å². The first-order valence-corrected chi connectivity index (χ1v) is 8.78. The molecule has 0 aromatic carbocycles. The highest BCUT2D eigenvalue weighted by molar-refractivity contribution is 5.79. The Hall–Kier alpha value is -1.43. The van der Waals surface area contributed by atoms with E-state index in [-0.39, 0.29) is 23.8 Å². The maximum Gasteiger partial charge on any atom is 0.229 e. The standard InChI is InChI=1S/C17H27N3O3/c1-11(2)16-18-15(19-23-16)14-10-22-9-8-20(14)17(21)13-6-4-12(3)5-7-13/h11-14H,4-10H2,1-3H3/t12?,13?,14-/m0/s1. The highest BCUT2D eigenvalue weighted by Crippen LogP contribution is 2.32. The Labute approximate surface area is 137 Å². The van der Waals surface area contributed by atoms with Crippen molar-refractivity contribution in [3.63, 3.8) is 0 Å². The van der Waals surface area contributed by atoms with E-state index < -0.39 is 0 Å². The van der Waals surface area contributed by atoms with Crippen molar-refractivity contribution in [2.24, 2.45) is 11.8 Å². The number of ether oxygens (including phenoxy) is 1. The van der Waals surface area contributed by atoms with Crippen LogP contribution in [0.15, 0.2) is 4.52 Å². The van der Waals surface area contributed by atoms with Crippen molar-refractivity contribution in [2.45, 2.75) is 58.4 Å². The molecule has 0 radical (unpaired) electrons. The fraction of sp³-hybridized carbons (Fsp3) is 0.824. The summed E-state index contributed by atoms with van der Waals surface area (Å²) in [7, 11) is 0. The second-order valence-corrected chi connectivity index (χ2v) is 7.22. The number of carbonyl (C=O) groups is 1. The fourth-order valence-electron chi connectivity index (χ4n) is 3.44. The molecule has 1 aromatic heterocycles. The number of amides is 1. The van der Waals surface area contributed by atoms with Gasteiger partial charge in [0.1, 0.15) is 6.04 Å². The average Bonchev–Trinajstić information content (AvgIpc) is 3.05. The number of rotatable bonds is 3. The van der Waals surface area contributed by atoms with Crippen LogP contribution in [0.3, 0.4) is 0 Å². The molecule has 1 saturated carbocycles. The van der Waals surface area contributed by atoms with E-state index in [4.69, 9.17) is 9.26 Å². The summed E-state index contributed by atoms with van der Waals surface area (Å²) in [6, 6.07) is -0.216. The van der Waals surface area contributed by atoms with Gasteiger partial charge in [-0.15, -0.1) is 0 Å². The van der Waals surface area contributed by atoms with E-state index in [9.17, 15) is 4.79 Å². The molecule has 0 unspecified atom stereocenters. The van der Waals surface area contributed by atoms with Gasteiger partial charge in [-0.1, -0.05) is 25.9 Å². The van der Waals surface area contributed by atoms with Gasteiger partial charge in [-0.25, -0.2) is 0 Å². The Bertz CT molecular complexity index is 535. The molecule has 1 atom stereocenters. The van der Waals surface area contributed by atoms with Crippen LogP contribution in [0.2, 0.25) is 0 Å². The van der Waals surface area contributed by atoms with Gasteiger partial charge in [0.25, 0.3) is 0 Å². The first-order valence-electron chi connectivity index (χ1n) is 8.78. The van der Waals surface area contributed by atoms with Gasteiger partial charge in [0.2, 0.25) is 11.8 Å². The predicted molar refractivity (Wildman–Crippen MR) is 84.8 cm³/mol. The van der Waals surface area contributed by atoms with Crippen LogP contribution in [0.1, 0.15) is 70.1 Å². The van der Waals surface area contributed by atoms with Gasteiger partial charge in [-0.2, -0.15) is 4.98 Å². The van der Waals surface area contributed by atoms with Crippen LogP contribution in [0.4, 0.5) is 0 Å². The van der Waals surface area contributed by atoms with Crippen molar-refractivity contribution in [1.82, 2.24) is 15.0 Å². The van der Waals surface area contributed by atoms with E-state index in [2.05, 4.69) is 17.1 Å². The van der Waals surface area contributed by atoms with Gasteiger partial charge in [0.15, 0.2) is 5.82 Å². The Balaban J connectivity index is 1.74. The molecule has 2 aliphatic rings. The van der Waals surface area contributed by atoms with Gasteiger partial charge in [-0.3, -0.25) is 4.79 Å². The summed E-state index contributed by atoms with van der Waals surface area (Å²) < 4.78 is 10.9. The highest BCUT2D eigenvalue weighted by Gasteiger charge is 2.36. The average molecular weight is 321 g/mol. The summed E-state index contributed by atoms with van der Waals surface area (Å²) in [6.45, 7) is 7.94. The van der Waals surface area contributed by atoms with E-state index in [1.54, 1.807) is 0 Å². The SMILES string of the molecule is CC1CCC(C(=O)N2CCOC[C@H]2c2noc(C(C)C)n2)CC1. The van der Waals surface area contributed by atoms with Crippen molar-refractivity contribution in [1.29, 1.82) is 0 Å². The number of nitrogens with zero attached hydrogens (tertiary/aromatic N) is 3. The van der Waals surface area contributed by atoms with Crippen LogP contribution in [-0.4, -0.2) is 40.7 Å². The third-order valence-electron chi connectivity index (χ3n) is 5.03. The molecule has 6 nitrogen and oxygen atoms in total. The van der Waals surface area contributed by atoms with E-state index >= 15 is 0 Å². The smallest absolute Gasteiger partial charge is 0.229 e. The molecule has 1 amide bonds. The Morgan fingerprint density at radius 3 is 2.65 bits per heavy atom. The molecule has 1 saturated heterocycles. The topological polar surface area (TPSA) is 68.5 Å². The first kappa shape index (κ1) is 16.4. The normalized spacial score (nSPS) is 29.0. The minimum atomic E-state index is -0.216. The minimum absolute atomic E-state index is 0.142. The van der Waals surface area contributed by atoms with Crippen molar-refractivity contribution < 1.29 is 14.1 Å². The molecular weight excluding hydrogens is 294 g/mol. The maximum atomic E-state index is 13.0. The van der Waals surface area contributed by atoms with Crippen molar-refractivity contribution in [2.75, 3.05) is 19.8 Å². The lowest BCUT2D eigenvalue weighted by molar-refractivity contribution is -0.146. The van der Waals surface area contributed by atoms with Crippen LogP contribution in [-0.2, 0) is 9.53 Å². The molecule has 3 rings (SSSR count). The Morgan fingerprint density at radius 1 is 1.26 bits per heavy atom. The lowest BCUT2D eigenvalue weighted by Gasteiger charge is -2.37. The number of hydrogen-bond acceptors (Lipinski definition) is 5. The molecule has 0 N–H and O–H groups in total. The molecule has 0 spiro atoms. The zero-order valence-electron chi connectivity index (χ0n) is 14.3. The molecule has 0 bridgehead atoms. The molecule has 23 heavy (non-hydrogen) atoms. The van der Waals surface area contributed by atoms with Crippen molar-refractivity contribution >= 4 is 5.91 Å². The number of morpholine rings is 1. The van der Waals surface area contributed by atoms with Crippen molar-refractivity contribution in [3.8, 4) is 0 Å². The quantitative estimate of drug-likeness (QED) is 0.856. The molecule has 2 heterocycles. The molecule has 128 valence electrons. The summed E-state index contributed by atoms with van der Waals surface area (Å²) in [5.41, 5.74) is 0. The summed E-state index contributed by atoms with van der Waals surface area (Å²) in [4.78, 5) is 19.4. The Kier molecular flexibility index (Phi) is 4.99. The second kappa shape index (κ2) is 6.99. The van der Waals surface area contributed by atoms with E-state index in [1.165, 1.54) is 0 Å². The Morgan fingerprint density at radius 2 is 2.00 bits per heavy atom. The molecule has 2 fully saturated rings. The van der Waals surface area contributed by atoms with E-state index in [0.29, 0.717) is 31.5 Å². The highest BCUT2D eigenvalue weighted by atomic mass is 16.5. The molecule has 1 aliphatic carbocycles. The lowest BCUT2D eigenvalue weighted by atomic mass is 9.82. The van der Waals surface area contributed by atoms with Gasteiger partial charge in [0.05, 0.1) is 13.2 Å². The third kappa shape index (κ3) is 3.57. The number of carbonyl (C=O) groups excluding carboxylic acids is 1. The molecular formula is C17H27N3O3. The fourth-order valence-corrected chi connectivity index (χ4v) is 3.44.